The van der Waals surface area contributed by atoms with Gasteiger partial charge in [-0.3, -0.25) is 0 Å². The van der Waals surface area contributed by atoms with Crippen LogP contribution >= 0.6 is 11.3 Å². The van der Waals surface area contributed by atoms with Gasteiger partial charge in [-0.05, 0) is 13.0 Å². The summed E-state index contributed by atoms with van der Waals surface area (Å²) in [6, 6.07) is 1.59. The lowest BCUT2D eigenvalue weighted by Crippen LogP contribution is -1.96. The second-order valence-corrected chi connectivity index (χ2v) is 3.93. The number of pyridine rings is 1. The number of rotatable bonds is 3. The zero-order chi connectivity index (χ0) is 10.8. The number of nitrogens with zero attached hydrogens (tertiary/aromatic N) is 2. The molecule has 6 heteroatoms. The van der Waals surface area contributed by atoms with Crippen LogP contribution in [0.5, 0.6) is 0 Å². The highest BCUT2D eigenvalue weighted by molar-refractivity contribution is 7.22. The lowest BCUT2D eigenvalue weighted by molar-refractivity contribution is 0.0696. The molecule has 0 fully saturated rings. The van der Waals surface area contributed by atoms with Gasteiger partial charge in [-0.25, -0.2) is 14.8 Å². The molecule has 0 radical (unpaired) electrons. The summed E-state index contributed by atoms with van der Waals surface area (Å²) >= 11 is 1.41. The fourth-order valence-corrected chi connectivity index (χ4v) is 2.10. The highest BCUT2D eigenvalue weighted by Gasteiger charge is 2.08. The molecule has 0 amide bonds. The second kappa shape index (κ2) is 3.82. The predicted molar refractivity (Wildman–Crippen MR) is 58.5 cm³/mol. The molecule has 0 aliphatic heterocycles. The summed E-state index contributed by atoms with van der Waals surface area (Å²) in [6.45, 7) is 2.76. The van der Waals surface area contributed by atoms with Crippen LogP contribution in [0.3, 0.4) is 0 Å². The molecule has 0 atom stereocenters. The van der Waals surface area contributed by atoms with Crippen molar-refractivity contribution >= 4 is 32.8 Å². The third-order valence-corrected chi connectivity index (χ3v) is 2.77. The fourth-order valence-electron chi connectivity index (χ4n) is 1.16. The molecule has 2 heterocycles. The second-order valence-electron chi connectivity index (χ2n) is 2.90. The van der Waals surface area contributed by atoms with Gasteiger partial charge < -0.3 is 10.4 Å². The van der Waals surface area contributed by atoms with Crippen LogP contribution in [0, 0.1) is 0 Å². The van der Waals surface area contributed by atoms with Crippen molar-refractivity contribution in [1.29, 1.82) is 0 Å². The predicted octanol–water partition coefficient (Wildman–Crippen LogP) is 1.82. The molecule has 0 saturated carbocycles. The number of carboxylic acids is 1. The van der Waals surface area contributed by atoms with Gasteiger partial charge in [0, 0.05) is 12.7 Å². The lowest BCUT2D eigenvalue weighted by atomic mass is 10.3. The van der Waals surface area contributed by atoms with E-state index in [1.807, 2.05) is 6.92 Å². The van der Waals surface area contributed by atoms with Crippen molar-refractivity contribution in [2.24, 2.45) is 0 Å². The smallest absolute Gasteiger partial charge is 0.337 e. The molecule has 15 heavy (non-hydrogen) atoms. The zero-order valence-electron chi connectivity index (χ0n) is 8.02. The Bertz CT molecular complexity index is 509. The monoisotopic (exact) mass is 223 g/mol. The molecule has 2 aromatic rings. The summed E-state index contributed by atoms with van der Waals surface area (Å²) in [5.41, 5.74) is 0.773. The third-order valence-electron chi connectivity index (χ3n) is 1.82. The Labute approximate surface area is 89.8 Å². The first-order valence-electron chi connectivity index (χ1n) is 4.44. The third kappa shape index (κ3) is 1.89. The summed E-state index contributed by atoms with van der Waals surface area (Å²) < 4.78 is 0.783. The van der Waals surface area contributed by atoms with Gasteiger partial charge in [0.05, 0.1) is 10.3 Å². The number of carbonyl (C=O) groups is 1. The van der Waals surface area contributed by atoms with Gasteiger partial charge in [-0.15, -0.1) is 0 Å². The summed E-state index contributed by atoms with van der Waals surface area (Å²) in [5, 5.41) is 12.6. The van der Waals surface area contributed by atoms with E-state index in [4.69, 9.17) is 5.11 Å². The average molecular weight is 223 g/mol. The number of aromatic nitrogens is 2. The molecular formula is C9H9N3O2S. The highest BCUT2D eigenvalue weighted by Crippen LogP contribution is 2.24. The number of aromatic carboxylic acids is 1. The first-order chi connectivity index (χ1) is 7.20. The minimum atomic E-state index is -0.970. The van der Waals surface area contributed by atoms with E-state index in [2.05, 4.69) is 15.3 Å². The number of carboxylic acid groups (broad SMARTS) is 1. The molecule has 0 spiro atoms. The van der Waals surface area contributed by atoms with E-state index in [-0.39, 0.29) is 5.56 Å². The Kier molecular flexibility index (Phi) is 2.51. The van der Waals surface area contributed by atoms with E-state index < -0.39 is 5.97 Å². The summed E-state index contributed by atoms with van der Waals surface area (Å²) in [5.74, 6) is -0.970. The van der Waals surface area contributed by atoms with E-state index >= 15 is 0 Å². The quantitative estimate of drug-likeness (QED) is 0.830. The number of nitrogens with one attached hydrogen (secondary N) is 1. The molecule has 2 N–H and O–H groups in total. The zero-order valence-corrected chi connectivity index (χ0v) is 8.84. The molecule has 0 unspecified atom stereocenters. The van der Waals surface area contributed by atoms with Crippen LogP contribution in [-0.2, 0) is 0 Å². The summed E-state index contributed by atoms with van der Waals surface area (Å²) in [4.78, 5) is 18.9. The number of hydrogen-bond donors (Lipinski definition) is 2. The van der Waals surface area contributed by atoms with Crippen molar-refractivity contribution in [3.63, 3.8) is 0 Å². The van der Waals surface area contributed by atoms with Crippen molar-refractivity contribution < 1.29 is 9.90 Å². The van der Waals surface area contributed by atoms with Crippen LogP contribution in [0.25, 0.3) is 10.3 Å². The Balaban J connectivity index is 2.47. The van der Waals surface area contributed by atoms with Crippen LogP contribution in [0.2, 0.25) is 0 Å². The van der Waals surface area contributed by atoms with Gasteiger partial charge in [-0.1, -0.05) is 11.3 Å². The molecule has 0 saturated heterocycles. The molecule has 2 rings (SSSR count). The topological polar surface area (TPSA) is 75.1 Å². The molecule has 5 nitrogen and oxygen atoms in total. The first kappa shape index (κ1) is 9.85. The molecule has 0 aromatic carbocycles. The van der Waals surface area contributed by atoms with Crippen LogP contribution in [0.15, 0.2) is 12.3 Å². The van der Waals surface area contributed by atoms with E-state index in [9.17, 15) is 4.79 Å². The van der Waals surface area contributed by atoms with Crippen LogP contribution in [0.4, 0.5) is 5.13 Å². The van der Waals surface area contributed by atoms with Crippen molar-refractivity contribution in [1.82, 2.24) is 9.97 Å². The number of anilines is 1. The Hall–Kier alpha value is -1.69. The summed E-state index contributed by atoms with van der Waals surface area (Å²) in [6.07, 6.45) is 1.32. The maximum absolute atomic E-state index is 10.7. The fraction of sp³-hybridized carbons (Fsp3) is 0.222. The molecule has 0 bridgehead atoms. The van der Waals surface area contributed by atoms with Crippen molar-refractivity contribution in [3.05, 3.63) is 17.8 Å². The molecular weight excluding hydrogens is 214 g/mol. The summed E-state index contributed by atoms with van der Waals surface area (Å²) in [7, 11) is 0. The maximum atomic E-state index is 10.7. The molecule has 0 aliphatic carbocycles. The minimum Gasteiger partial charge on any atom is -0.478 e. The number of fused-ring (bicyclic) bond motifs is 1. The standard InChI is InChI=1S/C9H9N3O2S/c1-2-10-9-12-7-6(15-9)3-5(4-11-7)8(13)14/h3-4H,2H2,1H3,(H,13,14)(H,10,11,12). The van der Waals surface area contributed by atoms with E-state index in [0.717, 1.165) is 16.4 Å². The average Bonchev–Trinajstić information content (AvgIpc) is 2.59. The van der Waals surface area contributed by atoms with Gasteiger partial charge in [0.15, 0.2) is 10.8 Å². The highest BCUT2D eigenvalue weighted by atomic mass is 32.1. The SMILES string of the molecule is CCNc1nc2ncc(C(=O)O)cc2s1. The first-order valence-corrected chi connectivity index (χ1v) is 5.26. The number of hydrogen-bond acceptors (Lipinski definition) is 5. The lowest BCUT2D eigenvalue weighted by Gasteiger charge is -1.91. The van der Waals surface area contributed by atoms with Gasteiger partial charge in [-0.2, -0.15) is 0 Å². The molecule has 78 valence electrons. The molecule has 0 aliphatic rings. The van der Waals surface area contributed by atoms with Gasteiger partial charge >= 0.3 is 5.97 Å². The van der Waals surface area contributed by atoms with Crippen LogP contribution in [-0.4, -0.2) is 27.6 Å². The largest absolute Gasteiger partial charge is 0.478 e. The van der Waals surface area contributed by atoms with E-state index in [0.29, 0.717) is 5.65 Å². The van der Waals surface area contributed by atoms with Gasteiger partial charge in [0.25, 0.3) is 0 Å². The molecule has 2 aromatic heterocycles. The van der Waals surface area contributed by atoms with Crippen molar-refractivity contribution in [3.8, 4) is 0 Å². The van der Waals surface area contributed by atoms with Crippen LogP contribution < -0.4 is 5.32 Å². The Morgan fingerprint density at radius 3 is 3.13 bits per heavy atom. The van der Waals surface area contributed by atoms with Crippen molar-refractivity contribution in [2.75, 3.05) is 11.9 Å². The Morgan fingerprint density at radius 1 is 1.67 bits per heavy atom. The van der Waals surface area contributed by atoms with E-state index in [1.54, 1.807) is 6.07 Å². The van der Waals surface area contributed by atoms with E-state index in [1.165, 1.54) is 17.5 Å². The normalized spacial score (nSPS) is 10.5. The van der Waals surface area contributed by atoms with Gasteiger partial charge in [0.2, 0.25) is 0 Å². The number of thiazole rings is 1. The van der Waals surface area contributed by atoms with Gasteiger partial charge in [0.1, 0.15) is 0 Å². The maximum Gasteiger partial charge on any atom is 0.337 e. The Morgan fingerprint density at radius 2 is 2.47 bits per heavy atom. The minimum absolute atomic E-state index is 0.189. The van der Waals surface area contributed by atoms with Crippen LogP contribution in [0.1, 0.15) is 17.3 Å². The van der Waals surface area contributed by atoms with Crippen molar-refractivity contribution in [2.45, 2.75) is 6.92 Å².